The van der Waals surface area contributed by atoms with Crippen molar-refractivity contribution in [2.75, 3.05) is 5.32 Å². The van der Waals surface area contributed by atoms with Gasteiger partial charge in [0.25, 0.3) is 5.91 Å². The summed E-state index contributed by atoms with van der Waals surface area (Å²) >= 11 is 6.83. The first-order chi connectivity index (χ1) is 15.2. The summed E-state index contributed by atoms with van der Waals surface area (Å²) in [5.74, 6) is -0.156. The molecule has 1 heterocycles. The minimum Gasteiger partial charge on any atom is -0.507 e. The van der Waals surface area contributed by atoms with Crippen LogP contribution in [0.15, 0.2) is 66.7 Å². The number of rotatable bonds is 3. The van der Waals surface area contributed by atoms with E-state index in [1.54, 1.807) is 30.3 Å². The third-order valence-electron chi connectivity index (χ3n) is 5.02. The molecule has 7 heteroatoms. The number of hydrogen-bond donors (Lipinski definition) is 3. The minimum absolute atomic E-state index is 0.0196. The van der Waals surface area contributed by atoms with Gasteiger partial charge in [0.05, 0.1) is 15.8 Å². The summed E-state index contributed by atoms with van der Waals surface area (Å²) < 4.78 is 1.04. The number of carbonyl (C=O) groups is 1. The predicted molar refractivity (Wildman–Crippen MR) is 136 cm³/mol. The van der Waals surface area contributed by atoms with Crippen LogP contribution in [-0.4, -0.2) is 21.1 Å². The van der Waals surface area contributed by atoms with E-state index in [1.807, 2.05) is 36.4 Å². The third-order valence-corrected chi connectivity index (χ3v) is 6.29. The molecule has 1 aromatic heterocycles. The molecule has 0 radical (unpaired) electrons. The molecule has 0 saturated heterocycles. The number of amides is 1. The Labute approximate surface area is 196 Å². The number of para-hydroxylation sites is 1. The standard InChI is InChI=1S/C25H23N3O2S2/c1-25(2,3)16-10-8-15(9-11-16)22(30)28-24(31)26-17-12-13-20(29)18(14-17)23-27-19-6-4-5-7-21(19)32-23/h4-14,29H,1-3H3,(H2,26,28,30,31). The Bertz CT molecular complexity index is 1270. The fraction of sp³-hybridized carbons (Fsp3) is 0.160. The Morgan fingerprint density at radius 3 is 2.44 bits per heavy atom. The monoisotopic (exact) mass is 461 g/mol. The van der Waals surface area contributed by atoms with Crippen LogP contribution in [0.5, 0.6) is 5.75 Å². The SMILES string of the molecule is CC(C)(C)c1ccc(C(=O)NC(=S)Nc2ccc(O)c(-c3nc4ccccc4s3)c2)cc1. The number of nitrogens with zero attached hydrogens (tertiary/aromatic N) is 1. The predicted octanol–water partition coefficient (Wildman–Crippen LogP) is 6.09. The number of hydrogen-bond acceptors (Lipinski definition) is 5. The van der Waals surface area contributed by atoms with Crippen molar-refractivity contribution in [1.82, 2.24) is 10.3 Å². The van der Waals surface area contributed by atoms with E-state index >= 15 is 0 Å². The van der Waals surface area contributed by atoms with Crippen molar-refractivity contribution in [2.45, 2.75) is 26.2 Å². The summed E-state index contributed by atoms with van der Waals surface area (Å²) in [7, 11) is 0. The average Bonchev–Trinajstić information content (AvgIpc) is 3.18. The van der Waals surface area contributed by atoms with Gasteiger partial charge >= 0.3 is 0 Å². The Morgan fingerprint density at radius 1 is 1.03 bits per heavy atom. The molecule has 162 valence electrons. The molecule has 0 aliphatic carbocycles. The molecular weight excluding hydrogens is 438 g/mol. The van der Waals surface area contributed by atoms with Gasteiger partial charge in [0, 0.05) is 11.3 Å². The number of thiazole rings is 1. The first-order valence-corrected chi connectivity index (χ1v) is 11.3. The highest BCUT2D eigenvalue weighted by atomic mass is 32.1. The van der Waals surface area contributed by atoms with Crippen LogP contribution in [-0.2, 0) is 5.41 Å². The Hall–Kier alpha value is -3.29. The highest BCUT2D eigenvalue weighted by molar-refractivity contribution is 7.80. The maximum absolute atomic E-state index is 12.6. The number of phenolic OH excluding ortho intramolecular Hbond substituents is 1. The fourth-order valence-corrected chi connectivity index (χ4v) is 4.43. The molecule has 5 nitrogen and oxygen atoms in total. The van der Waals surface area contributed by atoms with Gasteiger partial charge in [-0.1, -0.05) is 45.0 Å². The van der Waals surface area contributed by atoms with E-state index in [1.165, 1.54) is 11.3 Å². The van der Waals surface area contributed by atoms with Crippen molar-refractivity contribution in [3.63, 3.8) is 0 Å². The lowest BCUT2D eigenvalue weighted by Gasteiger charge is -2.19. The molecule has 0 aliphatic heterocycles. The molecule has 0 aliphatic rings. The van der Waals surface area contributed by atoms with Crippen LogP contribution < -0.4 is 10.6 Å². The molecule has 3 aromatic carbocycles. The van der Waals surface area contributed by atoms with Crippen LogP contribution in [0.25, 0.3) is 20.8 Å². The number of thiocarbonyl (C=S) groups is 1. The van der Waals surface area contributed by atoms with E-state index in [0.29, 0.717) is 21.8 Å². The lowest BCUT2D eigenvalue weighted by molar-refractivity contribution is 0.0977. The second kappa shape index (κ2) is 8.68. The highest BCUT2D eigenvalue weighted by Crippen LogP contribution is 2.36. The van der Waals surface area contributed by atoms with Crippen molar-refractivity contribution < 1.29 is 9.90 Å². The Balaban J connectivity index is 1.47. The second-order valence-electron chi connectivity index (χ2n) is 8.45. The van der Waals surface area contributed by atoms with Crippen molar-refractivity contribution in [2.24, 2.45) is 0 Å². The highest BCUT2D eigenvalue weighted by Gasteiger charge is 2.15. The van der Waals surface area contributed by atoms with Crippen LogP contribution in [0.4, 0.5) is 5.69 Å². The van der Waals surface area contributed by atoms with Gasteiger partial charge in [-0.25, -0.2) is 4.98 Å². The fourth-order valence-electron chi connectivity index (χ4n) is 3.23. The second-order valence-corrected chi connectivity index (χ2v) is 9.89. The molecule has 0 atom stereocenters. The number of benzene rings is 3. The largest absolute Gasteiger partial charge is 0.507 e. The molecule has 0 unspecified atom stereocenters. The van der Waals surface area contributed by atoms with E-state index in [-0.39, 0.29) is 22.2 Å². The Morgan fingerprint density at radius 2 is 1.75 bits per heavy atom. The number of anilines is 1. The number of carbonyl (C=O) groups excluding carboxylic acids is 1. The van der Waals surface area contributed by atoms with Gasteiger partial charge in [0.15, 0.2) is 5.11 Å². The number of phenols is 1. The summed E-state index contributed by atoms with van der Waals surface area (Å²) in [4.78, 5) is 17.2. The van der Waals surface area contributed by atoms with E-state index in [4.69, 9.17) is 12.2 Å². The maximum atomic E-state index is 12.6. The molecule has 0 spiro atoms. The number of fused-ring (bicyclic) bond motifs is 1. The Kier molecular flexibility index (Phi) is 5.95. The number of aromatic hydroxyl groups is 1. The van der Waals surface area contributed by atoms with Crippen molar-refractivity contribution in [3.8, 4) is 16.3 Å². The lowest BCUT2D eigenvalue weighted by Crippen LogP contribution is -2.34. The van der Waals surface area contributed by atoms with Gasteiger partial charge in [0.1, 0.15) is 10.8 Å². The first-order valence-electron chi connectivity index (χ1n) is 10.1. The first kappa shape index (κ1) is 21.9. The topological polar surface area (TPSA) is 74.2 Å². The molecule has 4 aromatic rings. The van der Waals surface area contributed by atoms with Gasteiger partial charge < -0.3 is 10.4 Å². The quantitative estimate of drug-likeness (QED) is 0.254. The molecule has 4 rings (SSSR count). The number of aromatic nitrogens is 1. The lowest BCUT2D eigenvalue weighted by atomic mass is 9.87. The summed E-state index contributed by atoms with van der Waals surface area (Å²) in [6.45, 7) is 6.38. The summed E-state index contributed by atoms with van der Waals surface area (Å²) in [6, 6.07) is 20.4. The van der Waals surface area contributed by atoms with Gasteiger partial charge in [-0.05, 0) is 65.7 Å². The molecule has 0 bridgehead atoms. The number of nitrogens with one attached hydrogen (secondary N) is 2. The zero-order chi connectivity index (χ0) is 22.9. The van der Waals surface area contributed by atoms with Gasteiger partial charge in [-0.3, -0.25) is 10.1 Å². The van der Waals surface area contributed by atoms with Crippen LogP contribution in [0, 0.1) is 0 Å². The van der Waals surface area contributed by atoms with Crippen molar-refractivity contribution in [3.05, 3.63) is 77.9 Å². The third kappa shape index (κ3) is 4.79. The molecule has 0 saturated carbocycles. The average molecular weight is 462 g/mol. The van der Waals surface area contributed by atoms with E-state index in [2.05, 4.69) is 36.4 Å². The molecule has 1 amide bonds. The van der Waals surface area contributed by atoms with Crippen molar-refractivity contribution >= 4 is 50.5 Å². The van der Waals surface area contributed by atoms with Crippen LogP contribution in [0.3, 0.4) is 0 Å². The molecule has 3 N–H and O–H groups in total. The van der Waals surface area contributed by atoms with E-state index in [0.717, 1.165) is 15.8 Å². The zero-order valence-electron chi connectivity index (χ0n) is 18.0. The minimum atomic E-state index is -0.284. The maximum Gasteiger partial charge on any atom is 0.257 e. The smallest absolute Gasteiger partial charge is 0.257 e. The van der Waals surface area contributed by atoms with Crippen molar-refractivity contribution in [1.29, 1.82) is 0 Å². The van der Waals surface area contributed by atoms with Gasteiger partial charge in [0.2, 0.25) is 0 Å². The molecule has 32 heavy (non-hydrogen) atoms. The summed E-state index contributed by atoms with van der Waals surface area (Å²) in [6.07, 6.45) is 0. The van der Waals surface area contributed by atoms with Crippen LogP contribution >= 0.6 is 23.6 Å². The van der Waals surface area contributed by atoms with Gasteiger partial charge in [-0.15, -0.1) is 11.3 Å². The normalized spacial score (nSPS) is 11.3. The zero-order valence-corrected chi connectivity index (χ0v) is 19.6. The summed E-state index contributed by atoms with van der Waals surface area (Å²) in [5.41, 5.74) is 3.83. The van der Waals surface area contributed by atoms with E-state index in [9.17, 15) is 9.90 Å². The summed E-state index contributed by atoms with van der Waals surface area (Å²) in [5, 5.41) is 17.0. The van der Waals surface area contributed by atoms with Crippen LogP contribution in [0.1, 0.15) is 36.7 Å². The van der Waals surface area contributed by atoms with Crippen LogP contribution in [0.2, 0.25) is 0 Å². The molecule has 0 fully saturated rings. The van der Waals surface area contributed by atoms with E-state index < -0.39 is 0 Å². The molecular formula is C25H23N3O2S2. The van der Waals surface area contributed by atoms with Gasteiger partial charge in [-0.2, -0.15) is 0 Å².